The smallest absolute Gasteiger partial charge is 0.253 e. The van der Waals surface area contributed by atoms with Crippen molar-refractivity contribution in [1.82, 2.24) is 10.2 Å². The van der Waals surface area contributed by atoms with E-state index in [1.807, 2.05) is 11.9 Å². The number of carbonyl (C=O) groups excluding carboxylic acids is 1. The first-order valence-electron chi connectivity index (χ1n) is 11.4. The molecule has 0 aliphatic heterocycles. The molecule has 2 N–H and O–H groups in total. The fourth-order valence-electron chi connectivity index (χ4n) is 4.55. The third kappa shape index (κ3) is 6.31. The minimum Gasteiger partial charge on any atom is -0.396 e. The lowest BCUT2D eigenvalue weighted by molar-refractivity contribution is 0.0689. The van der Waals surface area contributed by atoms with Crippen LogP contribution < -0.4 is 5.32 Å². The number of aliphatic hydroxyl groups excluding tert-OH is 1. The number of benzene rings is 2. The van der Waals surface area contributed by atoms with Crippen LogP contribution in [-0.4, -0.2) is 41.7 Å². The summed E-state index contributed by atoms with van der Waals surface area (Å²) < 4.78 is 0. The van der Waals surface area contributed by atoms with Gasteiger partial charge in [-0.05, 0) is 79.0 Å². The first-order chi connectivity index (χ1) is 14.9. The molecule has 0 aromatic heterocycles. The fourth-order valence-corrected chi connectivity index (χ4v) is 4.67. The maximum Gasteiger partial charge on any atom is 0.253 e. The number of halogens is 1. The van der Waals surface area contributed by atoms with Gasteiger partial charge in [0.25, 0.3) is 5.91 Å². The third-order valence-electron chi connectivity index (χ3n) is 6.40. The van der Waals surface area contributed by atoms with Crippen molar-refractivity contribution in [3.05, 3.63) is 69.7 Å². The summed E-state index contributed by atoms with van der Waals surface area (Å²) in [5, 5.41) is 13.5. The van der Waals surface area contributed by atoms with Crippen LogP contribution in [0.25, 0.3) is 0 Å². The van der Waals surface area contributed by atoms with Gasteiger partial charge in [-0.2, -0.15) is 0 Å². The molecule has 3 rings (SSSR count). The van der Waals surface area contributed by atoms with Crippen LogP contribution in [0.4, 0.5) is 0 Å². The van der Waals surface area contributed by atoms with E-state index in [2.05, 4.69) is 37.4 Å². The quantitative estimate of drug-likeness (QED) is 0.592. The van der Waals surface area contributed by atoms with E-state index in [-0.39, 0.29) is 18.6 Å². The van der Waals surface area contributed by atoms with Gasteiger partial charge in [-0.1, -0.05) is 43.6 Å². The maximum absolute atomic E-state index is 12.9. The molecule has 2 aromatic carbocycles. The van der Waals surface area contributed by atoms with Crippen molar-refractivity contribution >= 4 is 17.5 Å². The lowest BCUT2D eigenvalue weighted by Gasteiger charge is -2.35. The van der Waals surface area contributed by atoms with Crippen molar-refractivity contribution < 1.29 is 9.90 Å². The Labute approximate surface area is 191 Å². The zero-order valence-corrected chi connectivity index (χ0v) is 19.7. The van der Waals surface area contributed by atoms with Crippen molar-refractivity contribution in [2.75, 3.05) is 13.7 Å². The zero-order chi connectivity index (χ0) is 22.4. The molecule has 168 valence electrons. The zero-order valence-electron chi connectivity index (χ0n) is 18.9. The molecule has 4 nitrogen and oxygen atoms in total. The van der Waals surface area contributed by atoms with E-state index in [9.17, 15) is 9.90 Å². The molecule has 5 heteroatoms. The molecular formula is C26H35ClN2O2. The molecule has 1 aliphatic rings. The molecule has 0 bridgehead atoms. The molecule has 0 unspecified atom stereocenters. The van der Waals surface area contributed by atoms with Crippen molar-refractivity contribution in [1.29, 1.82) is 0 Å². The molecule has 1 saturated carbocycles. The molecule has 1 aliphatic carbocycles. The van der Waals surface area contributed by atoms with Gasteiger partial charge in [0, 0.05) is 42.9 Å². The molecule has 0 radical (unpaired) electrons. The minimum absolute atomic E-state index is 0.0651. The van der Waals surface area contributed by atoms with E-state index in [1.165, 1.54) is 16.7 Å². The van der Waals surface area contributed by atoms with Crippen molar-refractivity contribution in [2.45, 2.75) is 70.5 Å². The van der Waals surface area contributed by atoms with Gasteiger partial charge in [0.05, 0.1) is 0 Å². The predicted octanol–water partition coefficient (Wildman–Crippen LogP) is 5.17. The molecular weight excluding hydrogens is 408 g/mol. The van der Waals surface area contributed by atoms with Gasteiger partial charge in [-0.15, -0.1) is 0 Å². The van der Waals surface area contributed by atoms with Gasteiger partial charge < -0.3 is 15.3 Å². The normalized spacial score (nSPS) is 18.9. The summed E-state index contributed by atoms with van der Waals surface area (Å²) in [5.41, 5.74) is 4.64. The minimum atomic E-state index is 0.0651. The number of carbonyl (C=O) groups is 1. The predicted molar refractivity (Wildman–Crippen MR) is 128 cm³/mol. The fraction of sp³-hybridized carbons (Fsp3) is 0.500. The second-order valence-corrected chi connectivity index (χ2v) is 9.41. The van der Waals surface area contributed by atoms with Crippen molar-refractivity contribution in [2.24, 2.45) is 0 Å². The van der Waals surface area contributed by atoms with Crippen LogP contribution >= 0.6 is 11.6 Å². The second-order valence-electron chi connectivity index (χ2n) is 8.97. The Bertz CT molecular complexity index is 858. The van der Waals surface area contributed by atoms with Gasteiger partial charge >= 0.3 is 0 Å². The Kier molecular flexibility index (Phi) is 8.53. The highest BCUT2D eigenvalue weighted by atomic mass is 35.5. The van der Waals surface area contributed by atoms with Gasteiger partial charge in [0.1, 0.15) is 0 Å². The Hall–Kier alpha value is -1.88. The maximum atomic E-state index is 12.9. The van der Waals surface area contributed by atoms with Crippen molar-refractivity contribution in [3.63, 3.8) is 0 Å². The summed E-state index contributed by atoms with van der Waals surface area (Å²) in [5.74, 6) is 0.581. The van der Waals surface area contributed by atoms with Crippen LogP contribution in [0.3, 0.4) is 0 Å². The molecule has 31 heavy (non-hydrogen) atoms. The topological polar surface area (TPSA) is 52.6 Å². The van der Waals surface area contributed by atoms with Gasteiger partial charge in [-0.25, -0.2) is 0 Å². The molecule has 1 fully saturated rings. The largest absolute Gasteiger partial charge is 0.396 e. The number of rotatable bonds is 8. The van der Waals surface area contributed by atoms with Crippen LogP contribution in [0.1, 0.15) is 72.5 Å². The first kappa shape index (κ1) is 23.8. The van der Waals surface area contributed by atoms with E-state index in [4.69, 9.17) is 11.6 Å². The van der Waals surface area contributed by atoms with Crippen LogP contribution in [0.5, 0.6) is 0 Å². The standard InChI is InChI=1S/C26H35ClN2O2/c1-18(2)28-17-22-16-19(14-15-30)4-13-25(22)20-7-11-24(12-8-20)29(3)26(31)21-5-9-23(27)10-6-21/h4-6,9-10,13,16,18,20,24,28,30H,7-8,11-12,14-15,17H2,1-3H3. The monoisotopic (exact) mass is 442 g/mol. The first-order valence-corrected chi connectivity index (χ1v) is 11.8. The summed E-state index contributed by atoms with van der Waals surface area (Å²) in [6.07, 6.45) is 4.87. The highest BCUT2D eigenvalue weighted by molar-refractivity contribution is 6.30. The number of hydrogen-bond acceptors (Lipinski definition) is 3. The second kappa shape index (κ2) is 11.1. The third-order valence-corrected chi connectivity index (χ3v) is 6.66. The lowest BCUT2D eigenvalue weighted by atomic mass is 9.79. The summed E-state index contributed by atoms with van der Waals surface area (Å²) in [6, 6.07) is 14.5. The van der Waals surface area contributed by atoms with E-state index in [0.29, 0.717) is 29.0 Å². The van der Waals surface area contributed by atoms with E-state index < -0.39 is 0 Å². The van der Waals surface area contributed by atoms with E-state index in [0.717, 1.165) is 32.2 Å². The average molecular weight is 443 g/mol. The summed E-state index contributed by atoms with van der Waals surface area (Å²) in [4.78, 5) is 14.8. The number of aliphatic hydroxyl groups is 1. The highest BCUT2D eigenvalue weighted by Gasteiger charge is 2.28. The molecule has 0 heterocycles. The van der Waals surface area contributed by atoms with Crippen molar-refractivity contribution in [3.8, 4) is 0 Å². The summed E-state index contributed by atoms with van der Waals surface area (Å²) in [6.45, 7) is 5.35. The molecule has 0 spiro atoms. The van der Waals surface area contributed by atoms with Crippen LogP contribution in [-0.2, 0) is 13.0 Å². The summed E-state index contributed by atoms with van der Waals surface area (Å²) in [7, 11) is 1.92. The number of nitrogens with one attached hydrogen (secondary N) is 1. The Morgan fingerprint density at radius 3 is 2.42 bits per heavy atom. The number of nitrogens with zero attached hydrogens (tertiary/aromatic N) is 1. The van der Waals surface area contributed by atoms with Crippen LogP contribution in [0, 0.1) is 0 Å². The van der Waals surface area contributed by atoms with Gasteiger partial charge in [-0.3, -0.25) is 4.79 Å². The van der Waals surface area contributed by atoms with E-state index in [1.54, 1.807) is 24.3 Å². The van der Waals surface area contributed by atoms with Gasteiger partial charge in [0.15, 0.2) is 0 Å². The van der Waals surface area contributed by atoms with Crippen LogP contribution in [0.15, 0.2) is 42.5 Å². The van der Waals surface area contributed by atoms with E-state index >= 15 is 0 Å². The number of hydrogen-bond donors (Lipinski definition) is 2. The Morgan fingerprint density at radius 1 is 1.13 bits per heavy atom. The molecule has 2 aromatic rings. The molecule has 1 amide bonds. The Balaban J connectivity index is 1.66. The highest BCUT2D eigenvalue weighted by Crippen LogP contribution is 2.37. The number of amides is 1. The lowest BCUT2D eigenvalue weighted by Crippen LogP contribution is -2.39. The summed E-state index contributed by atoms with van der Waals surface area (Å²) >= 11 is 5.96. The van der Waals surface area contributed by atoms with Gasteiger partial charge in [0.2, 0.25) is 0 Å². The average Bonchev–Trinajstić information content (AvgIpc) is 2.78. The Morgan fingerprint density at radius 2 is 1.81 bits per heavy atom. The SMILES string of the molecule is CC(C)NCc1cc(CCO)ccc1C1CCC(N(C)C(=O)c2ccc(Cl)cc2)CC1. The molecule has 0 saturated heterocycles. The molecule has 0 atom stereocenters. The van der Waals surface area contributed by atoms with Crippen LogP contribution in [0.2, 0.25) is 5.02 Å².